The molecule has 0 N–H and O–H groups in total. The van der Waals surface area contributed by atoms with E-state index in [9.17, 15) is 31.1 Å². The maximum atomic E-state index is 13.0. The molecule has 108 valence electrons. The van der Waals surface area contributed by atoms with Crippen LogP contribution in [-0.4, -0.2) is 29.1 Å². The normalized spacial score (nSPS) is 14.6. The van der Waals surface area contributed by atoms with Gasteiger partial charge in [-0.2, -0.15) is 13.2 Å². The van der Waals surface area contributed by atoms with Crippen LogP contribution in [0.15, 0.2) is 0 Å². The lowest BCUT2D eigenvalue weighted by atomic mass is 10.1. The van der Waals surface area contributed by atoms with Crippen LogP contribution in [-0.2, 0) is 4.79 Å². The van der Waals surface area contributed by atoms with E-state index in [1.54, 1.807) is 6.92 Å². The molecule has 0 spiro atoms. The van der Waals surface area contributed by atoms with Crippen molar-refractivity contribution in [1.82, 2.24) is 0 Å². The molecule has 0 saturated carbocycles. The Morgan fingerprint density at radius 1 is 1.22 bits per heavy atom. The van der Waals surface area contributed by atoms with Gasteiger partial charge in [-0.15, -0.1) is 0 Å². The summed E-state index contributed by atoms with van der Waals surface area (Å²) in [6, 6.07) is 0. The summed E-state index contributed by atoms with van der Waals surface area (Å²) >= 11 is 0.869. The quantitative estimate of drug-likeness (QED) is 0.513. The van der Waals surface area contributed by atoms with Crippen molar-refractivity contribution in [3.63, 3.8) is 0 Å². The van der Waals surface area contributed by atoms with E-state index in [1.807, 2.05) is 0 Å². The lowest BCUT2D eigenvalue weighted by molar-refractivity contribution is -0.205. The maximum Gasteiger partial charge on any atom is 0.394 e. The Balaban J connectivity index is 4.00. The molecule has 0 aromatic carbocycles. The molecule has 18 heavy (non-hydrogen) atoms. The van der Waals surface area contributed by atoms with Crippen LogP contribution in [0.4, 0.5) is 26.3 Å². The molecular formula is C10H14F6OS. The molecule has 0 amide bonds. The third kappa shape index (κ3) is 7.84. The van der Waals surface area contributed by atoms with Crippen molar-refractivity contribution in [3.05, 3.63) is 0 Å². The predicted octanol–water partition coefficient (Wildman–Crippen LogP) is 4.36. The molecule has 0 aliphatic heterocycles. The molecule has 0 aromatic heterocycles. The first-order chi connectivity index (χ1) is 8.08. The molecule has 0 saturated heterocycles. The number of hydrogen-bond donors (Lipinski definition) is 0. The van der Waals surface area contributed by atoms with Crippen LogP contribution in [0.2, 0.25) is 0 Å². The van der Waals surface area contributed by atoms with Gasteiger partial charge in [0, 0.05) is 12.2 Å². The van der Waals surface area contributed by atoms with Gasteiger partial charge in [0.1, 0.15) is 6.42 Å². The fourth-order valence-electron chi connectivity index (χ4n) is 1.14. The largest absolute Gasteiger partial charge is 0.394 e. The van der Waals surface area contributed by atoms with E-state index in [1.165, 1.54) is 0 Å². The minimum Gasteiger partial charge on any atom is -0.287 e. The van der Waals surface area contributed by atoms with Crippen LogP contribution in [0.1, 0.15) is 32.6 Å². The van der Waals surface area contributed by atoms with Crippen LogP contribution in [0.25, 0.3) is 0 Å². The second-order valence-corrected chi connectivity index (χ2v) is 4.89. The SMILES string of the molecule is CCC(=O)SCCCC(F)C(F)(F)CC(F)(F)F. The predicted molar refractivity (Wildman–Crippen MR) is 57.5 cm³/mol. The molecule has 1 unspecified atom stereocenters. The van der Waals surface area contributed by atoms with Gasteiger partial charge in [0.05, 0.1) is 0 Å². The van der Waals surface area contributed by atoms with Crippen molar-refractivity contribution in [1.29, 1.82) is 0 Å². The van der Waals surface area contributed by atoms with E-state index in [-0.39, 0.29) is 23.7 Å². The maximum absolute atomic E-state index is 13.0. The number of hydrogen-bond acceptors (Lipinski definition) is 2. The number of carbonyl (C=O) groups is 1. The molecule has 0 radical (unpaired) electrons. The Kier molecular flexibility index (Phi) is 7.09. The fraction of sp³-hybridized carbons (Fsp3) is 0.900. The van der Waals surface area contributed by atoms with Crippen molar-refractivity contribution in [2.24, 2.45) is 0 Å². The van der Waals surface area contributed by atoms with Gasteiger partial charge in [0.2, 0.25) is 0 Å². The standard InChI is InChI=1S/C10H14F6OS/c1-2-8(17)18-5-3-4-7(11)9(12,13)6-10(14,15)16/h7H,2-6H2,1H3. The lowest BCUT2D eigenvalue weighted by Crippen LogP contribution is -2.35. The topological polar surface area (TPSA) is 17.1 Å². The zero-order valence-corrected chi connectivity index (χ0v) is 10.5. The minimum absolute atomic E-state index is 0.0645. The Labute approximate surface area is 105 Å². The molecule has 0 aromatic rings. The van der Waals surface area contributed by atoms with Crippen LogP contribution in [0.5, 0.6) is 0 Å². The van der Waals surface area contributed by atoms with E-state index in [4.69, 9.17) is 0 Å². The van der Waals surface area contributed by atoms with Gasteiger partial charge < -0.3 is 0 Å². The van der Waals surface area contributed by atoms with Crippen molar-refractivity contribution < 1.29 is 31.1 Å². The third-order valence-corrected chi connectivity index (χ3v) is 3.15. The Bertz CT molecular complexity index is 266. The number of rotatable bonds is 7. The van der Waals surface area contributed by atoms with Gasteiger partial charge in [-0.1, -0.05) is 18.7 Å². The molecule has 0 aliphatic carbocycles. The highest BCUT2D eigenvalue weighted by Gasteiger charge is 2.49. The monoisotopic (exact) mass is 296 g/mol. The third-order valence-electron chi connectivity index (χ3n) is 2.05. The van der Waals surface area contributed by atoms with Crippen LogP contribution >= 0.6 is 11.8 Å². The van der Waals surface area contributed by atoms with Crippen molar-refractivity contribution in [2.45, 2.75) is 50.9 Å². The number of carbonyl (C=O) groups excluding carboxylic acids is 1. The number of halogens is 6. The average Bonchev–Trinajstić information content (AvgIpc) is 2.20. The fourth-order valence-corrected chi connectivity index (χ4v) is 1.88. The van der Waals surface area contributed by atoms with Crippen LogP contribution < -0.4 is 0 Å². The van der Waals surface area contributed by atoms with Gasteiger partial charge in [0.15, 0.2) is 11.3 Å². The summed E-state index contributed by atoms with van der Waals surface area (Å²) < 4.78 is 73.8. The number of thioether (sulfide) groups is 1. The summed E-state index contributed by atoms with van der Waals surface area (Å²) in [5.74, 6) is -4.27. The van der Waals surface area contributed by atoms with Gasteiger partial charge in [-0.05, 0) is 12.8 Å². The Morgan fingerprint density at radius 3 is 2.22 bits per heavy atom. The summed E-state index contributed by atoms with van der Waals surface area (Å²) in [6.45, 7) is 1.62. The van der Waals surface area contributed by atoms with Gasteiger partial charge >= 0.3 is 6.18 Å². The summed E-state index contributed by atoms with van der Waals surface area (Å²) in [5, 5.41) is -0.160. The van der Waals surface area contributed by atoms with Crippen molar-refractivity contribution in [3.8, 4) is 0 Å². The highest BCUT2D eigenvalue weighted by atomic mass is 32.2. The minimum atomic E-state index is -5.10. The molecule has 0 rings (SSSR count). The molecule has 0 aliphatic rings. The first-order valence-electron chi connectivity index (χ1n) is 5.32. The first kappa shape index (κ1) is 17.6. The van der Waals surface area contributed by atoms with E-state index in [0.29, 0.717) is 0 Å². The van der Waals surface area contributed by atoms with E-state index >= 15 is 0 Å². The summed E-state index contributed by atoms with van der Waals surface area (Å²) in [6.07, 6.45) is -10.9. The highest BCUT2D eigenvalue weighted by molar-refractivity contribution is 8.13. The molecule has 0 bridgehead atoms. The zero-order valence-electron chi connectivity index (χ0n) is 9.70. The summed E-state index contributed by atoms with van der Waals surface area (Å²) in [4.78, 5) is 10.8. The van der Waals surface area contributed by atoms with Gasteiger partial charge in [0.25, 0.3) is 5.92 Å². The van der Waals surface area contributed by atoms with Crippen molar-refractivity contribution in [2.75, 3.05) is 5.75 Å². The molecule has 0 fully saturated rings. The van der Waals surface area contributed by atoms with E-state index < -0.39 is 31.1 Å². The molecule has 1 atom stereocenters. The molecular weight excluding hydrogens is 282 g/mol. The molecule has 0 heterocycles. The molecule has 8 heteroatoms. The van der Waals surface area contributed by atoms with E-state index in [2.05, 4.69) is 0 Å². The second kappa shape index (κ2) is 7.25. The number of alkyl halides is 6. The van der Waals surface area contributed by atoms with Gasteiger partial charge in [-0.3, -0.25) is 4.79 Å². The van der Waals surface area contributed by atoms with Crippen LogP contribution in [0, 0.1) is 0 Å². The zero-order chi connectivity index (χ0) is 14.4. The average molecular weight is 296 g/mol. The summed E-state index contributed by atoms with van der Waals surface area (Å²) in [7, 11) is 0. The second-order valence-electron chi connectivity index (χ2n) is 3.74. The van der Waals surface area contributed by atoms with E-state index in [0.717, 1.165) is 11.8 Å². The van der Waals surface area contributed by atoms with Crippen molar-refractivity contribution >= 4 is 16.9 Å². The highest BCUT2D eigenvalue weighted by Crippen LogP contribution is 2.36. The van der Waals surface area contributed by atoms with Gasteiger partial charge in [-0.25, -0.2) is 13.2 Å². The van der Waals surface area contributed by atoms with Crippen LogP contribution in [0.3, 0.4) is 0 Å². The lowest BCUT2D eigenvalue weighted by Gasteiger charge is -2.21. The summed E-state index contributed by atoms with van der Waals surface area (Å²) in [5.41, 5.74) is 0. The Hall–Kier alpha value is -0.400. The first-order valence-corrected chi connectivity index (χ1v) is 6.31. The molecule has 1 nitrogen and oxygen atoms in total. The Morgan fingerprint density at radius 2 is 1.78 bits per heavy atom. The smallest absolute Gasteiger partial charge is 0.287 e.